The number of carbonyl (C=O) groups excluding carboxylic acids is 2. The predicted molar refractivity (Wildman–Crippen MR) is 186 cm³/mol. The van der Waals surface area contributed by atoms with Crippen LogP contribution in [0, 0.1) is 5.92 Å². The van der Waals surface area contributed by atoms with Crippen molar-refractivity contribution in [1.29, 1.82) is 0 Å². The number of hydrogen-bond donors (Lipinski definition) is 1. The molecule has 250 valence electrons. The van der Waals surface area contributed by atoms with E-state index >= 15 is 9.59 Å². The molecule has 0 bridgehead atoms. The molecular formula is C40H33N3O7. The number of phenols is 1. The number of aromatic hydroxyl groups is 1. The van der Waals surface area contributed by atoms with Gasteiger partial charge in [-0.1, -0.05) is 84.9 Å². The molecule has 1 saturated carbocycles. The number of allylic oxidation sites excluding steroid dienone is 4. The smallest absolute Gasteiger partial charge is 0.352 e. The molecule has 4 atom stereocenters. The molecule has 5 aromatic rings. The molecule has 0 unspecified atom stereocenters. The first-order valence-corrected chi connectivity index (χ1v) is 16.4. The van der Waals surface area contributed by atoms with Crippen molar-refractivity contribution in [3.8, 4) is 22.9 Å². The van der Waals surface area contributed by atoms with Crippen molar-refractivity contribution in [3.63, 3.8) is 0 Å². The molecule has 50 heavy (non-hydrogen) atoms. The van der Waals surface area contributed by atoms with Crippen molar-refractivity contribution in [3.05, 3.63) is 159 Å². The molecule has 3 aliphatic rings. The number of ether oxygens (including phenoxy) is 2. The Labute approximate surface area is 286 Å². The third-order valence-corrected chi connectivity index (χ3v) is 10.5. The van der Waals surface area contributed by atoms with E-state index in [-0.39, 0.29) is 41.8 Å². The lowest BCUT2D eigenvalue weighted by molar-refractivity contribution is -0.133. The molecular weight excluding hydrogens is 634 g/mol. The van der Waals surface area contributed by atoms with E-state index in [1.807, 2.05) is 54.6 Å². The van der Waals surface area contributed by atoms with Gasteiger partial charge in [-0.3, -0.25) is 9.59 Å². The summed E-state index contributed by atoms with van der Waals surface area (Å²) in [7, 11) is 2.85. The lowest BCUT2D eigenvalue weighted by Gasteiger charge is -2.54. The number of carbonyl (C=O) groups is 2. The zero-order chi connectivity index (χ0) is 34.7. The molecule has 10 nitrogen and oxygen atoms in total. The monoisotopic (exact) mass is 667 g/mol. The minimum atomic E-state index is -1.46. The number of rotatable bonds is 6. The van der Waals surface area contributed by atoms with Crippen LogP contribution in [0.5, 0.6) is 17.2 Å². The highest BCUT2D eigenvalue weighted by atomic mass is 16.5. The largest absolute Gasteiger partial charge is 0.502 e. The van der Waals surface area contributed by atoms with Gasteiger partial charge in [0.25, 0.3) is 0 Å². The van der Waals surface area contributed by atoms with Crippen LogP contribution in [0.25, 0.3) is 11.3 Å². The Morgan fingerprint density at radius 3 is 2.00 bits per heavy atom. The van der Waals surface area contributed by atoms with Gasteiger partial charge in [0.1, 0.15) is 0 Å². The molecule has 1 aromatic heterocycles. The second-order valence-corrected chi connectivity index (χ2v) is 12.8. The van der Waals surface area contributed by atoms with Crippen molar-refractivity contribution in [1.82, 2.24) is 13.9 Å². The zero-order valence-corrected chi connectivity index (χ0v) is 27.4. The van der Waals surface area contributed by atoms with Crippen molar-refractivity contribution in [2.45, 2.75) is 30.3 Å². The van der Waals surface area contributed by atoms with E-state index in [2.05, 4.69) is 0 Å². The van der Waals surface area contributed by atoms with Crippen LogP contribution in [-0.4, -0.2) is 44.8 Å². The Hall–Kier alpha value is -6.16. The number of para-hydroxylation sites is 1. The number of phenolic OH excluding ortho intramolecular Hbond substituents is 1. The van der Waals surface area contributed by atoms with Gasteiger partial charge in [-0.15, -0.1) is 0 Å². The summed E-state index contributed by atoms with van der Waals surface area (Å²) in [6.07, 6.45) is 3.43. The van der Waals surface area contributed by atoms with E-state index in [0.29, 0.717) is 33.5 Å². The molecule has 0 saturated heterocycles. The summed E-state index contributed by atoms with van der Waals surface area (Å²) < 4.78 is 15.1. The SMILES string of the molecule is COc1cc([C@H]2C3=CCn4c(=O)n(-c5ccccc5)c(=O)n4[C@@H]3C[C@H]3C(=O)C(c4ccccc4)=CC(=O)[C@@]23c2ccccc2)cc(OC)c1O. The summed E-state index contributed by atoms with van der Waals surface area (Å²) in [5.74, 6) is -2.26. The third kappa shape index (κ3) is 4.34. The van der Waals surface area contributed by atoms with E-state index < -0.39 is 34.7 Å². The van der Waals surface area contributed by atoms with Crippen LogP contribution >= 0.6 is 0 Å². The third-order valence-electron chi connectivity index (χ3n) is 10.5. The molecule has 1 aliphatic heterocycles. The van der Waals surface area contributed by atoms with Gasteiger partial charge in [-0.25, -0.2) is 23.5 Å². The topological polar surface area (TPSA) is 122 Å². The summed E-state index contributed by atoms with van der Waals surface area (Å²) in [4.78, 5) is 58.4. The summed E-state index contributed by atoms with van der Waals surface area (Å²) in [5.41, 5.74) is 0.715. The number of Topliss-reactive ketones (excluding diaryl/α,β-unsaturated/α-hetero) is 1. The predicted octanol–water partition coefficient (Wildman–Crippen LogP) is 4.98. The average molecular weight is 668 g/mol. The van der Waals surface area contributed by atoms with Crippen molar-refractivity contribution in [2.75, 3.05) is 14.2 Å². The van der Waals surface area contributed by atoms with Crippen LogP contribution in [0.3, 0.4) is 0 Å². The maximum atomic E-state index is 15.2. The van der Waals surface area contributed by atoms with Gasteiger partial charge in [0, 0.05) is 17.4 Å². The summed E-state index contributed by atoms with van der Waals surface area (Å²) >= 11 is 0. The van der Waals surface area contributed by atoms with Crippen molar-refractivity contribution >= 4 is 17.1 Å². The van der Waals surface area contributed by atoms with E-state index in [9.17, 15) is 14.7 Å². The highest BCUT2D eigenvalue weighted by Crippen LogP contribution is 2.62. The number of benzene rings is 4. The minimum absolute atomic E-state index is 0.0609. The van der Waals surface area contributed by atoms with E-state index in [1.54, 1.807) is 54.6 Å². The minimum Gasteiger partial charge on any atom is -0.502 e. The van der Waals surface area contributed by atoms with Crippen molar-refractivity contribution < 1.29 is 24.2 Å². The van der Waals surface area contributed by atoms with Crippen LogP contribution in [0.1, 0.15) is 35.1 Å². The first-order valence-electron chi connectivity index (χ1n) is 16.4. The van der Waals surface area contributed by atoms with Gasteiger partial charge in [0.15, 0.2) is 23.1 Å². The number of methoxy groups -OCH3 is 2. The molecule has 4 aromatic carbocycles. The maximum absolute atomic E-state index is 15.2. The van der Waals surface area contributed by atoms with Gasteiger partial charge in [-0.2, -0.15) is 0 Å². The van der Waals surface area contributed by atoms with Gasteiger partial charge in [0.05, 0.1) is 37.9 Å². The molecule has 2 heterocycles. The van der Waals surface area contributed by atoms with E-state index in [4.69, 9.17) is 9.47 Å². The molecule has 0 radical (unpaired) electrons. The fourth-order valence-electron chi connectivity index (χ4n) is 8.39. The summed E-state index contributed by atoms with van der Waals surface area (Å²) in [6, 6.07) is 29.6. The summed E-state index contributed by atoms with van der Waals surface area (Å²) in [5, 5.41) is 10.9. The second kappa shape index (κ2) is 11.8. The lowest BCUT2D eigenvalue weighted by Crippen LogP contribution is -2.58. The molecule has 1 N–H and O–H groups in total. The fraction of sp³-hybridized carbons (Fsp3) is 0.200. The van der Waals surface area contributed by atoms with E-state index in [1.165, 1.54) is 29.7 Å². The number of nitrogens with zero attached hydrogens (tertiary/aromatic N) is 3. The molecule has 10 heteroatoms. The van der Waals surface area contributed by atoms with E-state index in [0.717, 1.165) is 4.57 Å². The lowest BCUT2D eigenvalue weighted by atomic mass is 9.47. The summed E-state index contributed by atoms with van der Waals surface area (Å²) in [6.45, 7) is 0.0609. The molecule has 0 amide bonds. The quantitative estimate of drug-likeness (QED) is 0.254. The average Bonchev–Trinajstić information content (AvgIpc) is 3.42. The fourth-order valence-corrected chi connectivity index (χ4v) is 8.39. The van der Waals surface area contributed by atoms with Crippen LogP contribution < -0.4 is 20.9 Å². The molecule has 0 spiro atoms. The Balaban J connectivity index is 1.45. The number of aromatic nitrogens is 3. The first kappa shape index (κ1) is 31.1. The molecule has 2 aliphatic carbocycles. The highest BCUT2D eigenvalue weighted by molar-refractivity contribution is 6.31. The first-order chi connectivity index (χ1) is 24.3. The maximum Gasteiger partial charge on any atom is 0.352 e. The Morgan fingerprint density at radius 1 is 0.780 bits per heavy atom. The van der Waals surface area contributed by atoms with Gasteiger partial charge in [-0.05, 0) is 59.0 Å². The Morgan fingerprint density at radius 2 is 1.38 bits per heavy atom. The Kier molecular flexibility index (Phi) is 7.32. The van der Waals surface area contributed by atoms with Crippen LogP contribution in [0.15, 0.2) is 130 Å². The van der Waals surface area contributed by atoms with Crippen LogP contribution in [0.4, 0.5) is 0 Å². The normalized spacial score (nSPS) is 22.5. The number of fused-ring (bicyclic) bond motifs is 4. The Bertz CT molecular complexity index is 2330. The van der Waals surface area contributed by atoms with Gasteiger partial charge in [0.2, 0.25) is 5.75 Å². The number of ketones is 2. The van der Waals surface area contributed by atoms with Gasteiger partial charge >= 0.3 is 11.4 Å². The molecule has 1 fully saturated rings. The highest BCUT2D eigenvalue weighted by Gasteiger charge is 2.63. The van der Waals surface area contributed by atoms with Crippen LogP contribution in [0.2, 0.25) is 0 Å². The second-order valence-electron chi connectivity index (χ2n) is 12.8. The van der Waals surface area contributed by atoms with Crippen molar-refractivity contribution in [2.24, 2.45) is 5.92 Å². The van der Waals surface area contributed by atoms with Gasteiger partial charge < -0.3 is 14.6 Å². The molecule has 8 rings (SSSR count). The standard InChI is InChI=1S/C40H33N3O7/c1-49-32-20-25(21-33(50-2)37(32)46)35-28-18-19-41-38(47)42(27-16-10-5-11-17-27)39(48)43(41)31(28)23-30-36(45)29(24-12-6-3-7-13-24)22-34(44)40(30,35)26-14-8-4-9-15-26/h3-18,20-22,30-31,35,46H,19,23H2,1-2H3/t30-,31+,35-,40-/m0/s1. The zero-order valence-electron chi connectivity index (χ0n) is 27.4. The number of hydrogen-bond acceptors (Lipinski definition) is 7. The van der Waals surface area contributed by atoms with Crippen LogP contribution in [-0.2, 0) is 21.5 Å².